The molecule has 0 saturated carbocycles. The van der Waals surface area contributed by atoms with Crippen molar-refractivity contribution in [3.8, 4) is 34.3 Å². The molecule has 0 N–H and O–H groups in total. The van der Waals surface area contributed by atoms with Crippen molar-refractivity contribution in [3.05, 3.63) is 42.1 Å². The van der Waals surface area contributed by atoms with Crippen LogP contribution in [0.4, 0.5) is 0 Å². The molecule has 0 bridgehead atoms. The zero-order valence-electron chi connectivity index (χ0n) is 18.6. The summed E-state index contributed by atoms with van der Waals surface area (Å²) in [6.45, 7) is 5.20. The smallest absolute Gasteiger partial charge is 0.231 e. The Bertz CT molecular complexity index is 1170. The first-order valence-corrected chi connectivity index (χ1v) is 11.6. The van der Waals surface area contributed by atoms with E-state index >= 15 is 0 Å². The first-order valence-electron chi connectivity index (χ1n) is 11.6. The van der Waals surface area contributed by atoms with E-state index < -0.39 is 0 Å². The van der Waals surface area contributed by atoms with Gasteiger partial charge in [-0.05, 0) is 61.1 Å². The van der Waals surface area contributed by atoms with Gasteiger partial charge in [0.2, 0.25) is 12.5 Å². The minimum atomic E-state index is 0.299. The number of aryl methyl sites for hydroxylation is 2. The summed E-state index contributed by atoms with van der Waals surface area (Å²) in [5.41, 5.74) is 3.72. The largest absolute Gasteiger partial charge is 0.493 e. The fourth-order valence-corrected chi connectivity index (χ4v) is 5.17. The van der Waals surface area contributed by atoms with E-state index in [1.807, 2.05) is 6.07 Å². The van der Waals surface area contributed by atoms with E-state index in [1.165, 1.54) is 49.2 Å². The van der Waals surface area contributed by atoms with Crippen LogP contribution in [0, 0.1) is 0 Å². The Morgan fingerprint density at radius 3 is 2.72 bits per heavy atom. The molecule has 1 aromatic heterocycles. The topological polar surface area (TPSA) is 44.0 Å². The van der Waals surface area contributed by atoms with Crippen LogP contribution in [-0.4, -0.2) is 45.0 Å². The molecular formula is C26H29N2O4+. The standard InChI is InChI=1S/C26H29N2O4/c1-29-23-6-5-18-13-22-20-15-25-24(31-17-32-25)14-19(20)7-10-28(22)16-21(18)26(23)30-12-11-27-8-3-2-4-9-27/h5-6,13-16H,2-4,7-12,17H2,1H3/q+1. The van der Waals surface area contributed by atoms with Crippen LogP contribution in [0.15, 0.2) is 36.5 Å². The highest BCUT2D eigenvalue weighted by atomic mass is 16.7. The van der Waals surface area contributed by atoms with Gasteiger partial charge in [0.25, 0.3) is 0 Å². The first-order chi connectivity index (χ1) is 15.8. The van der Waals surface area contributed by atoms with Gasteiger partial charge in [0, 0.05) is 19.0 Å². The summed E-state index contributed by atoms with van der Waals surface area (Å²) in [4.78, 5) is 2.50. The Morgan fingerprint density at radius 2 is 1.88 bits per heavy atom. The van der Waals surface area contributed by atoms with Crippen molar-refractivity contribution in [3.63, 3.8) is 0 Å². The SMILES string of the molecule is COc1ccc2cc3[n+](cc2c1OCCN1CCCCC1)CCc1cc2c(cc1-3)OCO2. The van der Waals surface area contributed by atoms with Crippen LogP contribution in [0.2, 0.25) is 0 Å². The molecule has 0 atom stereocenters. The fourth-order valence-electron chi connectivity index (χ4n) is 5.17. The van der Waals surface area contributed by atoms with E-state index in [2.05, 4.69) is 39.9 Å². The average molecular weight is 434 g/mol. The highest BCUT2D eigenvalue weighted by Crippen LogP contribution is 2.41. The van der Waals surface area contributed by atoms with Crippen LogP contribution >= 0.6 is 0 Å². The summed E-state index contributed by atoms with van der Waals surface area (Å²) in [7, 11) is 1.71. The van der Waals surface area contributed by atoms with E-state index in [0.717, 1.165) is 53.3 Å². The Morgan fingerprint density at radius 1 is 1.03 bits per heavy atom. The van der Waals surface area contributed by atoms with E-state index in [0.29, 0.717) is 13.4 Å². The molecule has 3 aromatic rings. The second-order valence-electron chi connectivity index (χ2n) is 8.82. The third kappa shape index (κ3) is 3.43. The van der Waals surface area contributed by atoms with E-state index in [4.69, 9.17) is 18.9 Å². The molecule has 4 heterocycles. The molecule has 1 saturated heterocycles. The van der Waals surface area contributed by atoms with Gasteiger partial charge in [0.05, 0.1) is 18.1 Å². The molecule has 6 heteroatoms. The number of nitrogens with zero attached hydrogens (tertiary/aromatic N) is 2. The normalized spacial score (nSPS) is 17.2. The summed E-state index contributed by atoms with van der Waals surface area (Å²) < 4.78 is 25.6. The lowest BCUT2D eigenvalue weighted by atomic mass is 9.95. The van der Waals surface area contributed by atoms with Crippen molar-refractivity contribution < 1.29 is 23.5 Å². The number of piperidine rings is 1. The molecule has 32 heavy (non-hydrogen) atoms. The fraction of sp³-hybridized carbons (Fsp3) is 0.423. The van der Waals surface area contributed by atoms with Gasteiger partial charge < -0.3 is 18.9 Å². The van der Waals surface area contributed by atoms with Gasteiger partial charge in [-0.25, -0.2) is 0 Å². The lowest BCUT2D eigenvalue weighted by Gasteiger charge is -2.26. The Kier molecular flexibility index (Phi) is 5.02. The monoisotopic (exact) mass is 433 g/mol. The third-order valence-electron chi connectivity index (χ3n) is 6.90. The molecule has 6 rings (SSSR count). The Balaban J connectivity index is 1.35. The number of likely N-dealkylation sites (tertiary alicyclic amines) is 1. The maximum atomic E-state index is 6.35. The lowest BCUT2D eigenvalue weighted by molar-refractivity contribution is -0.686. The highest BCUT2D eigenvalue weighted by molar-refractivity contribution is 5.91. The number of rotatable bonds is 5. The molecule has 2 aromatic carbocycles. The van der Waals surface area contributed by atoms with Crippen LogP contribution in [0.5, 0.6) is 23.0 Å². The maximum Gasteiger partial charge on any atom is 0.231 e. The molecule has 0 aliphatic carbocycles. The number of methoxy groups -OCH3 is 1. The molecule has 0 spiro atoms. The van der Waals surface area contributed by atoms with Crippen LogP contribution in [-0.2, 0) is 13.0 Å². The van der Waals surface area contributed by atoms with Gasteiger partial charge in [-0.2, -0.15) is 4.57 Å². The van der Waals surface area contributed by atoms with Gasteiger partial charge in [0.1, 0.15) is 6.61 Å². The zero-order chi connectivity index (χ0) is 21.5. The number of aromatic nitrogens is 1. The van der Waals surface area contributed by atoms with Gasteiger partial charge >= 0.3 is 0 Å². The lowest BCUT2D eigenvalue weighted by Crippen LogP contribution is -2.40. The quantitative estimate of drug-likeness (QED) is 0.570. The number of fused-ring (bicyclic) bond motifs is 5. The minimum absolute atomic E-state index is 0.299. The van der Waals surface area contributed by atoms with Crippen molar-refractivity contribution in [2.24, 2.45) is 0 Å². The molecule has 6 nitrogen and oxygen atoms in total. The van der Waals surface area contributed by atoms with E-state index in [1.54, 1.807) is 7.11 Å². The number of ether oxygens (including phenoxy) is 4. The van der Waals surface area contributed by atoms with E-state index in [9.17, 15) is 0 Å². The summed E-state index contributed by atoms with van der Waals surface area (Å²) in [6.07, 6.45) is 7.12. The van der Waals surface area contributed by atoms with Crippen LogP contribution in [0.1, 0.15) is 24.8 Å². The molecule has 3 aliphatic rings. The predicted molar refractivity (Wildman–Crippen MR) is 122 cm³/mol. The first kappa shape index (κ1) is 19.7. The minimum Gasteiger partial charge on any atom is -0.493 e. The second kappa shape index (κ2) is 8.17. The summed E-state index contributed by atoms with van der Waals surface area (Å²) in [5, 5.41) is 2.24. The summed E-state index contributed by atoms with van der Waals surface area (Å²) in [5.74, 6) is 3.31. The number of pyridine rings is 1. The summed E-state index contributed by atoms with van der Waals surface area (Å²) >= 11 is 0. The Labute approximate surface area is 188 Å². The van der Waals surface area contributed by atoms with Crippen molar-refractivity contribution >= 4 is 10.8 Å². The van der Waals surface area contributed by atoms with Crippen LogP contribution in [0.3, 0.4) is 0 Å². The molecular weight excluding hydrogens is 404 g/mol. The van der Waals surface area contributed by atoms with Crippen LogP contribution < -0.4 is 23.5 Å². The van der Waals surface area contributed by atoms with Gasteiger partial charge in [-0.1, -0.05) is 6.42 Å². The predicted octanol–water partition coefficient (Wildman–Crippen LogP) is 3.95. The number of hydrogen-bond donors (Lipinski definition) is 0. The summed E-state index contributed by atoms with van der Waals surface area (Å²) in [6, 6.07) is 10.6. The second-order valence-corrected chi connectivity index (χ2v) is 8.82. The van der Waals surface area contributed by atoms with Gasteiger partial charge in [-0.15, -0.1) is 0 Å². The average Bonchev–Trinajstić information content (AvgIpc) is 3.30. The molecule has 166 valence electrons. The van der Waals surface area contributed by atoms with Gasteiger partial charge in [0.15, 0.2) is 35.7 Å². The van der Waals surface area contributed by atoms with Crippen LogP contribution in [0.25, 0.3) is 22.0 Å². The molecule has 0 amide bonds. The zero-order valence-corrected chi connectivity index (χ0v) is 18.6. The highest BCUT2D eigenvalue weighted by Gasteiger charge is 2.28. The van der Waals surface area contributed by atoms with Gasteiger partial charge in [-0.3, -0.25) is 4.90 Å². The molecule has 0 unspecified atom stereocenters. The number of benzene rings is 2. The maximum absolute atomic E-state index is 6.35. The van der Waals surface area contributed by atoms with Crippen molar-refractivity contribution in [2.75, 3.05) is 40.1 Å². The van der Waals surface area contributed by atoms with Crippen molar-refractivity contribution in [2.45, 2.75) is 32.2 Å². The molecule has 1 fully saturated rings. The third-order valence-corrected chi connectivity index (χ3v) is 6.90. The Hall–Kier alpha value is -2.99. The molecule has 0 radical (unpaired) electrons. The number of hydrogen-bond acceptors (Lipinski definition) is 5. The van der Waals surface area contributed by atoms with Crippen molar-refractivity contribution in [1.29, 1.82) is 0 Å². The molecule has 3 aliphatic heterocycles. The van der Waals surface area contributed by atoms with Crippen molar-refractivity contribution in [1.82, 2.24) is 4.90 Å². The van der Waals surface area contributed by atoms with E-state index in [-0.39, 0.29) is 0 Å².